The maximum Gasteiger partial charge on any atom is 0.322 e. The summed E-state index contributed by atoms with van der Waals surface area (Å²) >= 11 is 3.41. The molecule has 4 rings (SSSR count). The molecule has 3 aromatic rings. The van der Waals surface area contributed by atoms with Crippen LogP contribution in [0.2, 0.25) is 0 Å². The van der Waals surface area contributed by atoms with E-state index in [4.69, 9.17) is 0 Å². The van der Waals surface area contributed by atoms with Gasteiger partial charge in [-0.15, -0.1) is 23.1 Å². The van der Waals surface area contributed by atoms with Crippen LogP contribution >= 0.6 is 23.1 Å². The van der Waals surface area contributed by atoms with E-state index in [9.17, 15) is 9.18 Å². The standard InChI is InChI=1S/C24H25FN2OS2/c1-4-20-15(2)30-23-21(20)12-13-27(22(23)16-8-10-17(25)11-9-16)24(28)26-18-6-5-7-19(14-18)29-3/h5-11,14,22H,4,12-13H2,1-3H3,(H,26,28)/t22-/m0/s1. The fourth-order valence-corrected chi connectivity index (χ4v) is 6.10. The number of rotatable bonds is 4. The molecule has 0 bridgehead atoms. The number of carbonyl (C=O) groups excluding carboxylic acids is 1. The van der Waals surface area contributed by atoms with Gasteiger partial charge in [-0.3, -0.25) is 0 Å². The van der Waals surface area contributed by atoms with Crippen molar-refractivity contribution in [3.63, 3.8) is 0 Å². The highest BCUT2D eigenvalue weighted by Gasteiger charge is 2.35. The average Bonchev–Trinajstić information content (AvgIpc) is 3.08. The molecule has 0 saturated heterocycles. The molecule has 1 atom stereocenters. The number of urea groups is 1. The third-order valence-electron chi connectivity index (χ3n) is 5.63. The molecule has 1 N–H and O–H groups in total. The van der Waals surface area contributed by atoms with Gasteiger partial charge in [-0.05, 0) is 73.0 Å². The van der Waals surface area contributed by atoms with Gasteiger partial charge in [-0.25, -0.2) is 9.18 Å². The summed E-state index contributed by atoms with van der Waals surface area (Å²) in [7, 11) is 0. The topological polar surface area (TPSA) is 32.3 Å². The smallest absolute Gasteiger partial charge is 0.312 e. The Morgan fingerprint density at radius 1 is 1.27 bits per heavy atom. The third-order valence-corrected chi connectivity index (χ3v) is 7.60. The molecule has 30 heavy (non-hydrogen) atoms. The van der Waals surface area contributed by atoms with E-state index in [-0.39, 0.29) is 17.9 Å². The first-order valence-electron chi connectivity index (χ1n) is 10.1. The summed E-state index contributed by atoms with van der Waals surface area (Å²) in [6, 6.07) is 14.1. The zero-order valence-corrected chi connectivity index (χ0v) is 19.0. The van der Waals surface area contributed by atoms with Crippen LogP contribution in [0.15, 0.2) is 53.4 Å². The summed E-state index contributed by atoms with van der Waals surface area (Å²) in [4.78, 5) is 18.8. The number of thioether (sulfide) groups is 1. The van der Waals surface area contributed by atoms with E-state index in [1.165, 1.54) is 33.0 Å². The van der Waals surface area contributed by atoms with Crippen LogP contribution in [-0.4, -0.2) is 23.7 Å². The Morgan fingerprint density at radius 3 is 2.73 bits per heavy atom. The molecule has 0 spiro atoms. The summed E-state index contributed by atoms with van der Waals surface area (Å²) in [5, 5.41) is 3.07. The van der Waals surface area contributed by atoms with Crippen LogP contribution in [0.4, 0.5) is 14.9 Å². The molecule has 2 aromatic carbocycles. The third kappa shape index (κ3) is 3.98. The van der Waals surface area contributed by atoms with Crippen molar-refractivity contribution in [2.45, 2.75) is 37.6 Å². The number of thiophene rings is 1. The Morgan fingerprint density at radius 2 is 2.03 bits per heavy atom. The Kier molecular flexibility index (Phi) is 6.16. The summed E-state index contributed by atoms with van der Waals surface area (Å²) < 4.78 is 13.6. The zero-order chi connectivity index (χ0) is 21.3. The van der Waals surface area contributed by atoms with Gasteiger partial charge in [0, 0.05) is 26.9 Å². The van der Waals surface area contributed by atoms with E-state index in [0.717, 1.165) is 29.0 Å². The first-order chi connectivity index (χ1) is 14.5. The molecule has 0 aliphatic carbocycles. The summed E-state index contributed by atoms with van der Waals surface area (Å²) in [5.41, 5.74) is 4.49. The molecule has 1 aliphatic heterocycles. The largest absolute Gasteiger partial charge is 0.322 e. The van der Waals surface area contributed by atoms with E-state index in [1.54, 1.807) is 35.2 Å². The van der Waals surface area contributed by atoms with E-state index < -0.39 is 0 Å². The molecule has 0 unspecified atom stereocenters. The van der Waals surface area contributed by atoms with E-state index in [2.05, 4.69) is 19.2 Å². The molecule has 0 saturated carbocycles. The molecule has 0 fully saturated rings. The number of nitrogens with one attached hydrogen (secondary N) is 1. The highest BCUT2D eigenvalue weighted by atomic mass is 32.2. The van der Waals surface area contributed by atoms with Gasteiger partial charge in [0.25, 0.3) is 0 Å². The molecule has 1 aromatic heterocycles. The number of benzene rings is 2. The number of hydrogen-bond acceptors (Lipinski definition) is 3. The number of halogens is 1. The molecule has 1 aliphatic rings. The van der Waals surface area contributed by atoms with Gasteiger partial charge in [0.15, 0.2) is 0 Å². The number of amides is 2. The lowest BCUT2D eigenvalue weighted by molar-refractivity contribution is 0.195. The average molecular weight is 441 g/mol. The normalized spacial score (nSPS) is 15.7. The van der Waals surface area contributed by atoms with Crippen molar-refractivity contribution in [2.75, 3.05) is 18.1 Å². The maximum atomic E-state index is 13.6. The predicted molar refractivity (Wildman–Crippen MR) is 124 cm³/mol. The lowest BCUT2D eigenvalue weighted by Gasteiger charge is -2.36. The molecular formula is C24H25FN2OS2. The quantitative estimate of drug-likeness (QED) is 0.460. The lowest BCUT2D eigenvalue weighted by atomic mass is 9.92. The van der Waals surface area contributed by atoms with Crippen LogP contribution in [0.5, 0.6) is 0 Å². The monoisotopic (exact) mass is 440 g/mol. The second-order valence-corrected chi connectivity index (χ2v) is 9.53. The van der Waals surface area contributed by atoms with Crippen LogP contribution in [-0.2, 0) is 12.8 Å². The number of aryl methyl sites for hydroxylation is 1. The van der Waals surface area contributed by atoms with Gasteiger partial charge in [-0.2, -0.15) is 0 Å². The number of anilines is 1. The second kappa shape index (κ2) is 8.82. The van der Waals surface area contributed by atoms with Gasteiger partial charge in [0.2, 0.25) is 0 Å². The van der Waals surface area contributed by atoms with E-state index in [0.29, 0.717) is 6.54 Å². The minimum atomic E-state index is -0.267. The van der Waals surface area contributed by atoms with Crippen LogP contribution in [0, 0.1) is 12.7 Å². The van der Waals surface area contributed by atoms with Crippen molar-refractivity contribution >= 4 is 34.8 Å². The number of nitrogens with zero attached hydrogens (tertiary/aromatic N) is 1. The number of hydrogen-bond donors (Lipinski definition) is 1. The van der Waals surface area contributed by atoms with Crippen LogP contribution < -0.4 is 5.32 Å². The minimum absolute atomic E-state index is 0.127. The maximum absolute atomic E-state index is 13.6. The highest BCUT2D eigenvalue weighted by molar-refractivity contribution is 7.98. The van der Waals surface area contributed by atoms with Gasteiger partial charge in [0.1, 0.15) is 5.82 Å². The first-order valence-corrected chi connectivity index (χ1v) is 12.1. The van der Waals surface area contributed by atoms with Gasteiger partial charge in [0.05, 0.1) is 6.04 Å². The van der Waals surface area contributed by atoms with Crippen LogP contribution in [0.1, 0.15) is 39.4 Å². The van der Waals surface area contributed by atoms with Gasteiger partial charge in [-0.1, -0.05) is 25.1 Å². The lowest BCUT2D eigenvalue weighted by Crippen LogP contribution is -2.42. The molecule has 0 radical (unpaired) electrons. The number of fused-ring (bicyclic) bond motifs is 1. The van der Waals surface area contributed by atoms with Crippen LogP contribution in [0.3, 0.4) is 0 Å². The van der Waals surface area contributed by atoms with Crippen molar-refractivity contribution in [3.8, 4) is 0 Å². The zero-order valence-electron chi connectivity index (χ0n) is 17.4. The molecule has 2 heterocycles. The minimum Gasteiger partial charge on any atom is -0.312 e. The Balaban J connectivity index is 1.72. The van der Waals surface area contributed by atoms with E-state index >= 15 is 0 Å². The number of carbonyl (C=O) groups is 1. The van der Waals surface area contributed by atoms with E-state index in [1.807, 2.05) is 35.4 Å². The first kappa shape index (κ1) is 20.9. The SMILES string of the molecule is CCc1c(C)sc2c1CCN(C(=O)Nc1cccc(SC)c1)[C@H]2c1ccc(F)cc1. The molecule has 156 valence electrons. The predicted octanol–water partition coefficient (Wildman–Crippen LogP) is 6.66. The van der Waals surface area contributed by atoms with Crippen LogP contribution in [0.25, 0.3) is 0 Å². The Hall–Kier alpha value is -2.31. The fourth-order valence-electron chi connectivity index (χ4n) is 4.20. The molecular weight excluding hydrogens is 415 g/mol. The second-order valence-electron chi connectivity index (χ2n) is 7.39. The summed E-state index contributed by atoms with van der Waals surface area (Å²) in [6.45, 7) is 4.97. The fraction of sp³-hybridized carbons (Fsp3) is 0.292. The Bertz CT molecular complexity index is 1060. The van der Waals surface area contributed by atoms with Crippen molar-refractivity contribution < 1.29 is 9.18 Å². The van der Waals surface area contributed by atoms with Gasteiger partial charge >= 0.3 is 6.03 Å². The summed E-state index contributed by atoms with van der Waals surface area (Å²) in [5.74, 6) is -0.267. The van der Waals surface area contributed by atoms with Crippen molar-refractivity contribution in [1.82, 2.24) is 4.90 Å². The molecule has 6 heteroatoms. The molecule has 2 amide bonds. The summed E-state index contributed by atoms with van der Waals surface area (Å²) in [6.07, 6.45) is 3.85. The highest BCUT2D eigenvalue weighted by Crippen LogP contribution is 2.43. The van der Waals surface area contributed by atoms with Crippen molar-refractivity contribution in [2.24, 2.45) is 0 Å². The van der Waals surface area contributed by atoms with Gasteiger partial charge < -0.3 is 10.2 Å². The van der Waals surface area contributed by atoms with Crippen molar-refractivity contribution in [1.29, 1.82) is 0 Å². The molecule has 3 nitrogen and oxygen atoms in total. The van der Waals surface area contributed by atoms with Crippen molar-refractivity contribution in [3.05, 3.63) is 80.8 Å². The Labute approximate surface area is 185 Å².